The van der Waals surface area contributed by atoms with Gasteiger partial charge in [0.1, 0.15) is 16.8 Å². The van der Waals surface area contributed by atoms with Gasteiger partial charge < -0.3 is 10.0 Å². The fraction of sp³-hybridized carbons (Fsp3) is 0.435. The van der Waals surface area contributed by atoms with E-state index in [0.717, 1.165) is 19.3 Å². The molecule has 4 saturated carbocycles. The number of rotatable bonds is 5. The average molecular weight is 413 g/mol. The summed E-state index contributed by atoms with van der Waals surface area (Å²) < 4.78 is 29.6. The second kappa shape index (κ2) is 7.24. The van der Waals surface area contributed by atoms with Gasteiger partial charge in [0, 0.05) is 5.69 Å². The van der Waals surface area contributed by atoms with Crippen molar-refractivity contribution in [2.45, 2.75) is 43.3 Å². The minimum Gasteiger partial charge on any atom is -0.322 e. The molecule has 4 aliphatic rings. The number of carbonyl (C=O) groups is 1. The molecule has 4 bridgehead atoms. The van der Waals surface area contributed by atoms with Gasteiger partial charge >= 0.3 is 0 Å². The first-order chi connectivity index (χ1) is 14.0. The Balaban J connectivity index is 1.35. The molecule has 29 heavy (non-hydrogen) atoms. The summed E-state index contributed by atoms with van der Waals surface area (Å²) >= 11 is 0. The van der Waals surface area contributed by atoms with Crippen LogP contribution in [0.25, 0.3) is 0 Å². The zero-order valence-electron chi connectivity index (χ0n) is 16.2. The van der Waals surface area contributed by atoms with Crippen molar-refractivity contribution >= 4 is 28.3 Å². The highest BCUT2D eigenvalue weighted by Gasteiger charge is 2.54. The van der Waals surface area contributed by atoms with E-state index in [-0.39, 0.29) is 16.5 Å². The van der Waals surface area contributed by atoms with E-state index < -0.39 is 11.0 Å². The molecule has 2 aromatic carbocycles. The van der Waals surface area contributed by atoms with Crippen LogP contribution in [0.2, 0.25) is 0 Å². The average Bonchev–Trinajstić information content (AvgIpc) is 2.69. The van der Waals surface area contributed by atoms with Gasteiger partial charge in [-0.25, -0.2) is 8.60 Å². The molecule has 0 aromatic heterocycles. The first-order valence-corrected chi connectivity index (χ1v) is 11.5. The van der Waals surface area contributed by atoms with E-state index in [4.69, 9.17) is 0 Å². The maximum atomic E-state index is 13.5. The lowest BCUT2D eigenvalue weighted by molar-refractivity contribution is 0.0363. The third-order valence-corrected chi connectivity index (χ3v) is 8.54. The largest absolute Gasteiger partial charge is 0.322 e. The van der Waals surface area contributed by atoms with Crippen LogP contribution >= 0.6 is 0 Å². The van der Waals surface area contributed by atoms with Crippen molar-refractivity contribution < 1.29 is 13.4 Å². The minimum absolute atomic E-state index is 0.157. The number of anilines is 2. The summed E-state index contributed by atoms with van der Waals surface area (Å²) in [6, 6.07) is 12.8. The summed E-state index contributed by atoms with van der Waals surface area (Å²) in [7, 11) is -1.23. The van der Waals surface area contributed by atoms with E-state index in [9.17, 15) is 13.4 Å². The summed E-state index contributed by atoms with van der Waals surface area (Å²) in [5, 5.41) is 2.79. The molecule has 0 aliphatic heterocycles. The Morgan fingerprint density at radius 2 is 1.52 bits per heavy atom. The molecule has 4 aliphatic carbocycles. The fourth-order valence-corrected chi connectivity index (χ4v) is 7.72. The molecule has 0 saturated heterocycles. The van der Waals surface area contributed by atoms with E-state index in [1.54, 1.807) is 18.2 Å². The Hall–Kier alpha value is -2.21. The first kappa shape index (κ1) is 18.8. The summed E-state index contributed by atoms with van der Waals surface area (Å²) in [5.41, 5.74) is 1.55. The van der Waals surface area contributed by atoms with E-state index in [2.05, 4.69) is 10.0 Å². The van der Waals surface area contributed by atoms with E-state index >= 15 is 0 Å². The summed E-state index contributed by atoms with van der Waals surface area (Å²) in [6.07, 6.45) is 6.99. The van der Waals surface area contributed by atoms with Crippen molar-refractivity contribution in [1.29, 1.82) is 0 Å². The summed E-state index contributed by atoms with van der Waals surface area (Å²) in [6.45, 7) is 0. The van der Waals surface area contributed by atoms with Crippen molar-refractivity contribution in [2.75, 3.05) is 10.0 Å². The predicted molar refractivity (Wildman–Crippen MR) is 113 cm³/mol. The van der Waals surface area contributed by atoms with Crippen LogP contribution in [-0.2, 0) is 11.0 Å². The van der Waals surface area contributed by atoms with Gasteiger partial charge in [0.2, 0.25) is 0 Å². The molecular weight excluding hydrogens is 387 g/mol. The van der Waals surface area contributed by atoms with Gasteiger partial charge in [-0.15, -0.1) is 0 Å². The van der Waals surface area contributed by atoms with Crippen molar-refractivity contribution in [1.82, 2.24) is 0 Å². The molecule has 1 atom stereocenters. The van der Waals surface area contributed by atoms with Gasteiger partial charge in [-0.1, -0.05) is 12.1 Å². The second-order valence-corrected chi connectivity index (χ2v) is 10.6. The lowest BCUT2D eigenvalue weighted by Crippen LogP contribution is -2.54. The molecule has 2 aromatic rings. The van der Waals surface area contributed by atoms with Crippen molar-refractivity contribution in [3.05, 3.63) is 59.9 Å². The van der Waals surface area contributed by atoms with Gasteiger partial charge in [-0.3, -0.25) is 4.79 Å². The standard InChI is InChI=1S/C23H25FN2O2S/c24-18-5-7-19(8-6-18)25-22(27)20-3-1-2-4-21(20)26-29(28)23-12-15-9-16(13-23)11-17(10-15)14-23/h1-8,15-17,26H,9-14H2,(H,25,27)/t15?,16?,17?,23?,29-/m0/s1. The number of halogens is 1. The first-order valence-electron chi connectivity index (χ1n) is 10.4. The van der Waals surface area contributed by atoms with Crippen LogP contribution < -0.4 is 10.0 Å². The van der Waals surface area contributed by atoms with Gasteiger partial charge in [-0.2, -0.15) is 0 Å². The highest BCUT2D eigenvalue weighted by atomic mass is 32.2. The van der Waals surface area contributed by atoms with Crippen LogP contribution in [0.3, 0.4) is 0 Å². The van der Waals surface area contributed by atoms with Crippen LogP contribution in [-0.4, -0.2) is 14.9 Å². The number of hydrogen-bond acceptors (Lipinski definition) is 2. The smallest absolute Gasteiger partial charge is 0.257 e. The maximum Gasteiger partial charge on any atom is 0.257 e. The van der Waals surface area contributed by atoms with Crippen molar-refractivity contribution in [2.24, 2.45) is 17.8 Å². The van der Waals surface area contributed by atoms with Crippen LogP contribution in [0.5, 0.6) is 0 Å². The molecule has 2 N–H and O–H groups in total. The topological polar surface area (TPSA) is 58.2 Å². The highest BCUT2D eigenvalue weighted by Crippen LogP contribution is 2.57. The molecule has 1 amide bonds. The summed E-state index contributed by atoms with van der Waals surface area (Å²) in [4.78, 5) is 12.8. The third kappa shape index (κ3) is 3.59. The zero-order chi connectivity index (χ0) is 20.0. The van der Waals surface area contributed by atoms with Gasteiger partial charge in [0.15, 0.2) is 0 Å². The number of hydrogen-bond donors (Lipinski definition) is 2. The molecule has 4 fully saturated rings. The number of para-hydroxylation sites is 1. The van der Waals surface area contributed by atoms with Crippen LogP contribution in [0, 0.1) is 23.6 Å². The van der Waals surface area contributed by atoms with Crippen LogP contribution in [0.4, 0.5) is 15.8 Å². The Kier molecular flexibility index (Phi) is 4.69. The summed E-state index contributed by atoms with van der Waals surface area (Å²) in [5.74, 6) is 1.48. The van der Waals surface area contributed by atoms with Crippen molar-refractivity contribution in [3.63, 3.8) is 0 Å². The fourth-order valence-electron chi connectivity index (χ4n) is 5.97. The molecule has 0 unspecified atom stereocenters. The Labute approximate surface area is 172 Å². The lowest BCUT2D eigenvalue weighted by atomic mass is 9.56. The van der Waals surface area contributed by atoms with E-state index in [1.165, 1.54) is 43.5 Å². The van der Waals surface area contributed by atoms with E-state index in [1.807, 2.05) is 6.07 Å². The zero-order valence-corrected chi connectivity index (χ0v) is 17.0. The lowest BCUT2D eigenvalue weighted by Gasteiger charge is -2.55. The molecule has 152 valence electrons. The molecular formula is C23H25FN2O2S. The quantitative estimate of drug-likeness (QED) is 0.716. The van der Waals surface area contributed by atoms with Gasteiger partial charge in [-0.05, 0) is 92.7 Å². The van der Waals surface area contributed by atoms with Gasteiger partial charge in [0.25, 0.3) is 5.91 Å². The second-order valence-electron chi connectivity index (χ2n) is 8.98. The third-order valence-electron chi connectivity index (χ3n) is 6.85. The number of carbonyl (C=O) groups excluding carboxylic acids is 1. The highest BCUT2D eigenvalue weighted by molar-refractivity contribution is 7.87. The number of nitrogens with one attached hydrogen (secondary N) is 2. The SMILES string of the molecule is O=C(Nc1ccc(F)cc1)c1ccccc1N[S@@](=O)C12CC3CC(CC(C3)C1)C2. The predicted octanol–water partition coefficient (Wildman–Crippen LogP) is 5.12. The number of benzene rings is 2. The minimum atomic E-state index is -1.23. The molecule has 0 spiro atoms. The molecule has 6 heteroatoms. The van der Waals surface area contributed by atoms with Crippen LogP contribution in [0.15, 0.2) is 48.5 Å². The Bertz CT molecular complexity index is 924. The van der Waals surface area contributed by atoms with E-state index in [0.29, 0.717) is 34.7 Å². The van der Waals surface area contributed by atoms with Gasteiger partial charge in [0.05, 0.1) is 16.0 Å². The Morgan fingerprint density at radius 1 is 0.931 bits per heavy atom. The molecule has 0 heterocycles. The van der Waals surface area contributed by atoms with Crippen molar-refractivity contribution in [3.8, 4) is 0 Å². The maximum absolute atomic E-state index is 13.5. The number of amides is 1. The molecule has 4 nitrogen and oxygen atoms in total. The monoisotopic (exact) mass is 412 g/mol. The molecule has 6 rings (SSSR count). The Morgan fingerprint density at radius 3 is 2.14 bits per heavy atom. The normalized spacial score (nSPS) is 30.7. The van der Waals surface area contributed by atoms with Crippen LogP contribution in [0.1, 0.15) is 48.9 Å². The molecule has 0 radical (unpaired) electrons.